The first kappa shape index (κ1) is 13.8. The molecular weight excluding hydrogens is 254 g/mol. The number of carbonyl (C=O) groups excluding carboxylic acids is 1. The smallest absolute Gasteiger partial charge is 0.311 e. The maximum atomic E-state index is 12.8. The molecule has 0 saturated carbocycles. The number of methoxy groups -OCH3 is 1. The average Bonchev–Trinajstić information content (AvgIpc) is 2.28. The molecule has 17 heavy (non-hydrogen) atoms. The van der Waals surface area contributed by atoms with Crippen LogP contribution in [0.1, 0.15) is 23.2 Å². The fourth-order valence-electron chi connectivity index (χ4n) is 1.30. The molecule has 0 bridgehead atoms. The Labute approximate surface area is 102 Å². The molecule has 0 fully saturated rings. The predicted molar refractivity (Wildman–Crippen MR) is 57.8 cm³/mol. The van der Waals surface area contributed by atoms with Crippen LogP contribution in [0.5, 0.6) is 0 Å². The average molecular weight is 265 g/mol. The molecule has 4 nitrogen and oxygen atoms in total. The Morgan fingerprint density at radius 3 is 2.76 bits per heavy atom. The lowest BCUT2D eigenvalue weighted by Gasteiger charge is -2.11. The van der Waals surface area contributed by atoms with Crippen LogP contribution in [0.2, 0.25) is 5.02 Å². The second-order valence-corrected chi connectivity index (χ2v) is 3.59. The van der Waals surface area contributed by atoms with Crippen molar-refractivity contribution in [2.75, 3.05) is 7.11 Å². The first-order valence-corrected chi connectivity index (χ1v) is 5.10. The second kappa shape index (κ2) is 5.88. The molecule has 94 valence electrons. The summed E-state index contributed by atoms with van der Waals surface area (Å²) in [5.74, 6) is -0.657. The maximum Gasteiger partial charge on any atom is 0.311 e. The summed E-state index contributed by atoms with van der Waals surface area (Å²) in [5.41, 5.74) is 5.10. The van der Waals surface area contributed by atoms with Crippen molar-refractivity contribution in [2.45, 2.75) is 19.4 Å². The number of halogens is 3. The van der Waals surface area contributed by atoms with Crippen molar-refractivity contribution in [3.05, 3.63) is 28.0 Å². The van der Waals surface area contributed by atoms with Gasteiger partial charge in [-0.25, -0.2) is 8.78 Å². The normalized spacial score (nSPS) is 10.7. The van der Waals surface area contributed by atoms with Crippen molar-refractivity contribution in [3.8, 4) is 0 Å². The van der Waals surface area contributed by atoms with E-state index in [0.717, 1.165) is 0 Å². The van der Waals surface area contributed by atoms with Gasteiger partial charge >= 0.3 is 5.97 Å². The van der Waals surface area contributed by atoms with E-state index in [1.807, 2.05) is 0 Å². The summed E-state index contributed by atoms with van der Waals surface area (Å²) in [4.78, 5) is 14.8. The number of nitrogens with two attached hydrogens (primary N) is 1. The number of pyridine rings is 1. The lowest BCUT2D eigenvalue weighted by molar-refractivity contribution is -0.139. The van der Waals surface area contributed by atoms with Crippen LogP contribution in [0.3, 0.4) is 0 Å². The van der Waals surface area contributed by atoms with Crippen LogP contribution in [0.15, 0.2) is 6.20 Å². The van der Waals surface area contributed by atoms with Gasteiger partial charge in [0.1, 0.15) is 0 Å². The number of hydrogen-bond acceptors (Lipinski definition) is 4. The maximum absolute atomic E-state index is 12.8. The largest absolute Gasteiger partial charge is 0.469 e. The number of nitrogens with zero attached hydrogens (tertiary/aromatic N) is 1. The number of aromatic nitrogens is 1. The van der Waals surface area contributed by atoms with Gasteiger partial charge in [-0.05, 0) is 0 Å². The topological polar surface area (TPSA) is 65.2 Å². The summed E-state index contributed by atoms with van der Waals surface area (Å²) in [6.45, 7) is 0.00403. The molecule has 0 spiro atoms. The minimum absolute atomic E-state index is 0.00403. The number of carbonyl (C=O) groups is 1. The molecule has 0 amide bonds. The Morgan fingerprint density at radius 2 is 2.29 bits per heavy atom. The fraction of sp³-hybridized carbons (Fsp3) is 0.400. The molecule has 1 aromatic heterocycles. The Hall–Kier alpha value is -1.27. The van der Waals surface area contributed by atoms with Gasteiger partial charge < -0.3 is 10.5 Å². The van der Waals surface area contributed by atoms with E-state index in [4.69, 9.17) is 17.3 Å². The van der Waals surface area contributed by atoms with Gasteiger partial charge in [-0.15, -0.1) is 0 Å². The molecule has 0 aliphatic rings. The quantitative estimate of drug-likeness (QED) is 0.843. The second-order valence-electron chi connectivity index (χ2n) is 3.22. The number of hydrogen-bond donors (Lipinski definition) is 1. The number of esters is 1. The molecule has 1 heterocycles. The molecule has 1 aromatic rings. The highest BCUT2D eigenvalue weighted by Gasteiger charge is 2.22. The van der Waals surface area contributed by atoms with Gasteiger partial charge in [0.2, 0.25) is 0 Å². The zero-order chi connectivity index (χ0) is 13.0. The van der Waals surface area contributed by atoms with Crippen molar-refractivity contribution in [2.24, 2.45) is 5.73 Å². The van der Waals surface area contributed by atoms with Crippen LogP contribution < -0.4 is 5.73 Å². The zero-order valence-corrected chi connectivity index (χ0v) is 9.80. The molecule has 1 rings (SSSR count). The first-order valence-electron chi connectivity index (χ1n) is 4.72. The zero-order valence-electron chi connectivity index (χ0n) is 9.04. The van der Waals surface area contributed by atoms with Crippen LogP contribution in [-0.2, 0) is 22.5 Å². The summed E-state index contributed by atoms with van der Waals surface area (Å²) in [6, 6.07) is 0. The van der Waals surface area contributed by atoms with Crippen LogP contribution in [0.25, 0.3) is 0 Å². The third-order valence-electron chi connectivity index (χ3n) is 2.18. The third kappa shape index (κ3) is 3.10. The molecule has 0 aliphatic carbocycles. The Bertz CT molecular complexity index is 427. The minimum Gasteiger partial charge on any atom is -0.469 e. The molecule has 2 N–H and O–H groups in total. The summed E-state index contributed by atoms with van der Waals surface area (Å²) in [5, 5.41) is -0.142. The SMILES string of the molecule is COC(=O)Cc1ncc(CN)c(Cl)c1C(F)F. The van der Waals surface area contributed by atoms with E-state index in [-0.39, 0.29) is 23.7 Å². The third-order valence-corrected chi connectivity index (χ3v) is 2.63. The first-order chi connectivity index (χ1) is 8.01. The molecule has 0 aliphatic heterocycles. The van der Waals surface area contributed by atoms with Crippen molar-refractivity contribution in [1.29, 1.82) is 0 Å². The van der Waals surface area contributed by atoms with Crippen molar-refractivity contribution < 1.29 is 18.3 Å². The van der Waals surface area contributed by atoms with Crippen LogP contribution in [0, 0.1) is 0 Å². The molecule has 0 unspecified atom stereocenters. The van der Waals surface area contributed by atoms with E-state index in [0.29, 0.717) is 5.56 Å². The van der Waals surface area contributed by atoms with Gasteiger partial charge in [-0.1, -0.05) is 11.6 Å². The van der Waals surface area contributed by atoms with Gasteiger partial charge in [-0.3, -0.25) is 9.78 Å². The number of ether oxygens (including phenoxy) is 1. The lowest BCUT2D eigenvalue weighted by Crippen LogP contribution is -2.11. The Kier molecular flexibility index (Phi) is 4.77. The van der Waals surface area contributed by atoms with Gasteiger partial charge in [0.15, 0.2) is 0 Å². The minimum atomic E-state index is -2.82. The monoisotopic (exact) mass is 264 g/mol. The summed E-state index contributed by atoms with van der Waals surface area (Å²) < 4.78 is 30.1. The van der Waals surface area contributed by atoms with E-state index < -0.39 is 18.0 Å². The summed E-state index contributed by atoms with van der Waals surface area (Å²) >= 11 is 5.78. The van der Waals surface area contributed by atoms with Gasteiger partial charge in [0.25, 0.3) is 6.43 Å². The summed E-state index contributed by atoms with van der Waals surface area (Å²) in [7, 11) is 1.17. The van der Waals surface area contributed by atoms with Crippen LogP contribution >= 0.6 is 11.6 Å². The van der Waals surface area contributed by atoms with E-state index in [2.05, 4.69) is 9.72 Å². The highest BCUT2D eigenvalue weighted by Crippen LogP contribution is 2.32. The molecule has 0 radical (unpaired) electrons. The Balaban J connectivity index is 3.21. The van der Waals surface area contributed by atoms with Gasteiger partial charge in [-0.2, -0.15) is 0 Å². The van der Waals surface area contributed by atoms with E-state index in [9.17, 15) is 13.6 Å². The van der Waals surface area contributed by atoms with Crippen molar-refractivity contribution >= 4 is 17.6 Å². The van der Waals surface area contributed by atoms with E-state index >= 15 is 0 Å². The van der Waals surface area contributed by atoms with Gasteiger partial charge in [0.05, 0.1) is 29.8 Å². The van der Waals surface area contributed by atoms with Crippen molar-refractivity contribution in [3.63, 3.8) is 0 Å². The molecule has 0 atom stereocenters. The molecular formula is C10H11ClF2N2O2. The fourth-order valence-corrected chi connectivity index (χ4v) is 1.61. The van der Waals surface area contributed by atoms with E-state index in [1.54, 1.807) is 0 Å². The highest BCUT2D eigenvalue weighted by molar-refractivity contribution is 6.32. The predicted octanol–water partition coefficient (Wildman–Crippen LogP) is 1.85. The standard InChI is InChI=1S/C10H11ClF2N2O2/c1-17-7(16)2-6-8(10(12)13)9(11)5(3-14)4-15-6/h4,10H,2-3,14H2,1H3. The van der Waals surface area contributed by atoms with E-state index in [1.165, 1.54) is 13.3 Å². The van der Waals surface area contributed by atoms with Crippen LogP contribution in [0.4, 0.5) is 8.78 Å². The Morgan fingerprint density at radius 1 is 1.65 bits per heavy atom. The van der Waals surface area contributed by atoms with Crippen LogP contribution in [-0.4, -0.2) is 18.1 Å². The number of alkyl halides is 2. The van der Waals surface area contributed by atoms with Crippen molar-refractivity contribution in [1.82, 2.24) is 4.98 Å². The summed E-state index contributed by atoms with van der Waals surface area (Å²) in [6.07, 6.45) is -1.88. The molecule has 7 heteroatoms. The molecule has 0 saturated heterocycles. The number of rotatable bonds is 4. The lowest BCUT2D eigenvalue weighted by atomic mass is 10.1. The highest BCUT2D eigenvalue weighted by atomic mass is 35.5. The molecule has 0 aromatic carbocycles. The van der Waals surface area contributed by atoms with Gasteiger partial charge in [0, 0.05) is 18.3 Å².